The van der Waals surface area contributed by atoms with Crippen molar-refractivity contribution in [3.8, 4) is 0 Å². The summed E-state index contributed by atoms with van der Waals surface area (Å²) in [6.07, 6.45) is 2.66. The Kier molecular flexibility index (Phi) is 1.76. The fourth-order valence-corrected chi connectivity index (χ4v) is 2.27. The number of thiazole rings is 1. The van der Waals surface area contributed by atoms with E-state index in [1.807, 2.05) is 11.3 Å². The van der Waals surface area contributed by atoms with Crippen molar-refractivity contribution >= 4 is 11.3 Å². The first-order valence-corrected chi connectivity index (χ1v) is 5.46. The molecule has 66 valence electrons. The molecule has 0 atom stereocenters. The normalized spacial score (nSPS) is 20.0. The van der Waals surface area contributed by atoms with Crippen molar-refractivity contribution in [2.24, 2.45) is 0 Å². The van der Waals surface area contributed by atoms with E-state index in [0.717, 1.165) is 0 Å². The van der Waals surface area contributed by atoms with Gasteiger partial charge in [-0.05, 0) is 12.8 Å². The summed E-state index contributed by atoms with van der Waals surface area (Å²) in [5, 5.41) is 3.53. The average Bonchev–Trinajstić information content (AvgIpc) is 2.61. The molecule has 12 heavy (non-hydrogen) atoms. The molecule has 0 bridgehead atoms. The van der Waals surface area contributed by atoms with Crippen LogP contribution in [0.4, 0.5) is 0 Å². The third-order valence-electron chi connectivity index (χ3n) is 2.63. The minimum absolute atomic E-state index is 0.448. The standard InChI is InChI=1S/C10H15NS/c1-7(2)9-11-8(6-12-9)10(3)4-5-10/h6-7H,4-5H2,1-3H3. The van der Waals surface area contributed by atoms with E-state index in [4.69, 9.17) is 0 Å². The molecule has 0 spiro atoms. The summed E-state index contributed by atoms with van der Waals surface area (Å²) in [7, 11) is 0. The summed E-state index contributed by atoms with van der Waals surface area (Å²) in [5.41, 5.74) is 1.78. The molecule has 0 unspecified atom stereocenters. The van der Waals surface area contributed by atoms with Crippen molar-refractivity contribution in [2.75, 3.05) is 0 Å². The highest BCUT2D eigenvalue weighted by Gasteiger charge is 2.41. The zero-order valence-electron chi connectivity index (χ0n) is 7.92. The van der Waals surface area contributed by atoms with E-state index in [2.05, 4.69) is 31.1 Å². The molecule has 0 aliphatic heterocycles. The summed E-state index contributed by atoms with van der Waals surface area (Å²) < 4.78 is 0. The van der Waals surface area contributed by atoms with Crippen LogP contribution in [-0.4, -0.2) is 4.98 Å². The number of hydrogen-bond acceptors (Lipinski definition) is 2. The first kappa shape index (κ1) is 8.24. The van der Waals surface area contributed by atoms with Crippen molar-refractivity contribution in [1.82, 2.24) is 4.98 Å². The highest BCUT2D eigenvalue weighted by molar-refractivity contribution is 7.09. The predicted octanol–water partition coefficient (Wildman–Crippen LogP) is 3.32. The van der Waals surface area contributed by atoms with Crippen molar-refractivity contribution < 1.29 is 0 Å². The zero-order chi connectivity index (χ0) is 8.77. The Labute approximate surface area is 77.8 Å². The Bertz CT molecular complexity index is 284. The third-order valence-corrected chi connectivity index (χ3v) is 3.78. The quantitative estimate of drug-likeness (QED) is 0.682. The number of nitrogens with zero attached hydrogens (tertiary/aromatic N) is 1. The molecule has 0 saturated heterocycles. The summed E-state index contributed by atoms with van der Waals surface area (Å²) in [4.78, 5) is 4.66. The lowest BCUT2D eigenvalue weighted by Crippen LogP contribution is -2.00. The van der Waals surface area contributed by atoms with Gasteiger partial charge in [0.1, 0.15) is 0 Å². The highest BCUT2D eigenvalue weighted by Crippen LogP contribution is 2.47. The smallest absolute Gasteiger partial charge is 0.0953 e. The van der Waals surface area contributed by atoms with Crippen LogP contribution in [0.5, 0.6) is 0 Å². The van der Waals surface area contributed by atoms with Crippen LogP contribution in [-0.2, 0) is 5.41 Å². The van der Waals surface area contributed by atoms with E-state index >= 15 is 0 Å². The fraction of sp³-hybridized carbons (Fsp3) is 0.700. The van der Waals surface area contributed by atoms with Gasteiger partial charge in [-0.15, -0.1) is 11.3 Å². The lowest BCUT2D eigenvalue weighted by molar-refractivity contribution is 0.739. The maximum atomic E-state index is 4.66. The van der Waals surface area contributed by atoms with E-state index in [0.29, 0.717) is 11.3 Å². The number of rotatable bonds is 2. The van der Waals surface area contributed by atoms with Crippen molar-refractivity contribution in [1.29, 1.82) is 0 Å². The first-order valence-electron chi connectivity index (χ1n) is 4.58. The number of hydrogen-bond donors (Lipinski definition) is 0. The van der Waals surface area contributed by atoms with Gasteiger partial charge in [-0.1, -0.05) is 20.8 Å². The maximum Gasteiger partial charge on any atom is 0.0953 e. The Morgan fingerprint density at radius 2 is 2.17 bits per heavy atom. The van der Waals surface area contributed by atoms with Crippen LogP contribution in [0.15, 0.2) is 5.38 Å². The van der Waals surface area contributed by atoms with Crippen LogP contribution in [0.2, 0.25) is 0 Å². The summed E-state index contributed by atoms with van der Waals surface area (Å²) >= 11 is 1.81. The highest BCUT2D eigenvalue weighted by atomic mass is 32.1. The van der Waals surface area contributed by atoms with Crippen molar-refractivity contribution in [3.05, 3.63) is 16.1 Å². The molecular formula is C10H15NS. The van der Waals surface area contributed by atoms with E-state index in [9.17, 15) is 0 Å². The fourth-order valence-electron chi connectivity index (χ4n) is 1.27. The summed E-state index contributed by atoms with van der Waals surface area (Å²) in [5.74, 6) is 0.589. The molecule has 2 rings (SSSR count). The molecule has 0 amide bonds. The van der Waals surface area contributed by atoms with Crippen LogP contribution < -0.4 is 0 Å². The molecule has 1 fully saturated rings. The Hall–Kier alpha value is -0.370. The molecule has 0 aromatic carbocycles. The van der Waals surface area contributed by atoms with Gasteiger partial charge in [0, 0.05) is 16.7 Å². The molecule has 1 heterocycles. The molecule has 0 radical (unpaired) electrons. The van der Waals surface area contributed by atoms with Crippen LogP contribution in [0, 0.1) is 0 Å². The molecule has 0 N–H and O–H groups in total. The van der Waals surface area contributed by atoms with Gasteiger partial charge in [-0.2, -0.15) is 0 Å². The van der Waals surface area contributed by atoms with E-state index in [1.54, 1.807) is 0 Å². The maximum absolute atomic E-state index is 4.66. The molecule has 2 heteroatoms. The molecule has 1 saturated carbocycles. The summed E-state index contributed by atoms with van der Waals surface area (Å²) in [6.45, 7) is 6.72. The summed E-state index contributed by atoms with van der Waals surface area (Å²) in [6, 6.07) is 0. The SMILES string of the molecule is CC(C)c1nc(C2(C)CC2)cs1. The van der Waals surface area contributed by atoms with E-state index in [1.165, 1.54) is 23.5 Å². The molecule has 1 aromatic heterocycles. The zero-order valence-corrected chi connectivity index (χ0v) is 8.74. The van der Waals surface area contributed by atoms with Gasteiger partial charge >= 0.3 is 0 Å². The van der Waals surface area contributed by atoms with Crippen LogP contribution >= 0.6 is 11.3 Å². The minimum atomic E-state index is 0.448. The van der Waals surface area contributed by atoms with Crippen molar-refractivity contribution in [3.63, 3.8) is 0 Å². The second-order valence-corrected chi connectivity index (χ2v) is 5.18. The van der Waals surface area contributed by atoms with E-state index in [-0.39, 0.29) is 0 Å². The van der Waals surface area contributed by atoms with Crippen LogP contribution in [0.25, 0.3) is 0 Å². The van der Waals surface area contributed by atoms with Gasteiger partial charge < -0.3 is 0 Å². The lowest BCUT2D eigenvalue weighted by Gasteiger charge is -2.02. The van der Waals surface area contributed by atoms with Gasteiger partial charge in [0.15, 0.2) is 0 Å². The molecule has 1 aromatic rings. The topological polar surface area (TPSA) is 12.9 Å². The Morgan fingerprint density at radius 1 is 1.50 bits per heavy atom. The average molecular weight is 181 g/mol. The molecule has 1 aliphatic rings. The lowest BCUT2D eigenvalue weighted by atomic mass is 10.1. The number of aromatic nitrogens is 1. The van der Waals surface area contributed by atoms with Crippen LogP contribution in [0.1, 0.15) is 50.2 Å². The first-order chi connectivity index (χ1) is 5.62. The second kappa shape index (κ2) is 2.56. The van der Waals surface area contributed by atoms with Gasteiger partial charge in [-0.3, -0.25) is 0 Å². The molecule has 1 aliphatic carbocycles. The van der Waals surface area contributed by atoms with Gasteiger partial charge in [0.25, 0.3) is 0 Å². The Balaban J connectivity index is 2.25. The van der Waals surface area contributed by atoms with Crippen molar-refractivity contribution in [2.45, 2.75) is 44.9 Å². The molecular weight excluding hydrogens is 166 g/mol. The Morgan fingerprint density at radius 3 is 2.58 bits per heavy atom. The second-order valence-electron chi connectivity index (χ2n) is 4.29. The minimum Gasteiger partial charge on any atom is -0.245 e. The largest absolute Gasteiger partial charge is 0.245 e. The van der Waals surface area contributed by atoms with Gasteiger partial charge in [0.2, 0.25) is 0 Å². The van der Waals surface area contributed by atoms with E-state index < -0.39 is 0 Å². The predicted molar refractivity (Wildman–Crippen MR) is 52.8 cm³/mol. The van der Waals surface area contributed by atoms with Gasteiger partial charge in [-0.25, -0.2) is 4.98 Å². The van der Waals surface area contributed by atoms with Gasteiger partial charge in [0.05, 0.1) is 10.7 Å². The molecule has 1 nitrogen and oxygen atoms in total. The third kappa shape index (κ3) is 1.28. The van der Waals surface area contributed by atoms with Crippen LogP contribution in [0.3, 0.4) is 0 Å². The monoisotopic (exact) mass is 181 g/mol.